The third-order valence-corrected chi connectivity index (χ3v) is 7.76. The van der Waals surface area contributed by atoms with Crippen LogP contribution < -0.4 is 5.56 Å². The molecule has 0 unspecified atom stereocenters. The molecule has 6 rings (SSSR count). The number of nitrogens with zero attached hydrogens (tertiary/aromatic N) is 3. The lowest BCUT2D eigenvalue weighted by Crippen LogP contribution is -2.49. The summed E-state index contributed by atoms with van der Waals surface area (Å²) < 4.78 is 3.78. The van der Waals surface area contributed by atoms with E-state index in [2.05, 4.69) is 0 Å². The molecule has 188 valence electrons. The number of fused-ring (bicyclic) bond motifs is 5. The minimum atomic E-state index is -1.02. The Kier molecular flexibility index (Phi) is 5.68. The summed E-state index contributed by atoms with van der Waals surface area (Å²) in [7, 11) is 0. The smallest absolute Gasteiger partial charge is 0.335 e. The molecule has 4 aromatic rings. The second-order valence-electron chi connectivity index (χ2n) is 10.1. The van der Waals surface area contributed by atoms with Crippen LogP contribution in [-0.4, -0.2) is 49.3 Å². The van der Waals surface area contributed by atoms with E-state index in [0.717, 1.165) is 23.1 Å². The minimum Gasteiger partial charge on any atom is -0.480 e. The van der Waals surface area contributed by atoms with E-state index in [0.29, 0.717) is 37.3 Å². The number of rotatable bonds is 6. The first kappa shape index (κ1) is 23.2. The van der Waals surface area contributed by atoms with Gasteiger partial charge in [-0.05, 0) is 36.1 Å². The molecule has 2 N–H and O–H groups in total. The number of likely N-dealkylation sites (tertiary alicyclic amines) is 1. The fourth-order valence-electron chi connectivity index (χ4n) is 6.21. The molecule has 2 bridgehead atoms. The molecule has 2 aliphatic rings. The Morgan fingerprint density at radius 2 is 1.76 bits per heavy atom. The number of piperidine rings is 1. The topological polar surface area (TPSA) is 105 Å². The number of carbonyl (C=O) groups is 2. The van der Waals surface area contributed by atoms with Crippen molar-refractivity contribution in [1.29, 1.82) is 0 Å². The van der Waals surface area contributed by atoms with Crippen LogP contribution in [0.25, 0.3) is 10.9 Å². The predicted molar refractivity (Wildman–Crippen MR) is 138 cm³/mol. The lowest BCUT2D eigenvalue weighted by molar-refractivity contribution is -0.144. The van der Waals surface area contributed by atoms with Crippen molar-refractivity contribution < 1.29 is 19.8 Å². The van der Waals surface area contributed by atoms with Gasteiger partial charge in [0.15, 0.2) is 0 Å². The second kappa shape index (κ2) is 9.05. The summed E-state index contributed by atoms with van der Waals surface area (Å²) >= 11 is 0. The van der Waals surface area contributed by atoms with Gasteiger partial charge in [-0.25, -0.2) is 4.79 Å². The Bertz CT molecular complexity index is 1570. The van der Waals surface area contributed by atoms with Gasteiger partial charge in [0.1, 0.15) is 6.04 Å². The first-order valence-electron chi connectivity index (χ1n) is 12.5. The fourth-order valence-corrected chi connectivity index (χ4v) is 6.21. The minimum absolute atomic E-state index is 0.00588. The van der Waals surface area contributed by atoms with Crippen molar-refractivity contribution in [1.82, 2.24) is 14.0 Å². The number of carboxylic acid groups (broad SMARTS) is 2. The lowest BCUT2D eigenvalue weighted by atomic mass is 9.82. The molecule has 2 aromatic heterocycles. The number of aromatic nitrogens is 2. The predicted octanol–water partition coefficient (Wildman–Crippen LogP) is 3.79. The van der Waals surface area contributed by atoms with Crippen molar-refractivity contribution in [3.05, 3.63) is 106 Å². The lowest BCUT2D eigenvalue weighted by Gasteiger charge is -2.44. The van der Waals surface area contributed by atoms with Crippen molar-refractivity contribution in [3.8, 4) is 0 Å². The highest BCUT2D eigenvalue weighted by Crippen LogP contribution is 2.40. The van der Waals surface area contributed by atoms with Gasteiger partial charge in [0.05, 0.1) is 5.56 Å². The Morgan fingerprint density at radius 1 is 0.946 bits per heavy atom. The van der Waals surface area contributed by atoms with E-state index in [1.54, 1.807) is 24.3 Å². The van der Waals surface area contributed by atoms with Crippen molar-refractivity contribution in [3.63, 3.8) is 0 Å². The molecule has 37 heavy (non-hydrogen) atoms. The number of hydrogen-bond acceptors (Lipinski definition) is 4. The van der Waals surface area contributed by atoms with Gasteiger partial charge < -0.3 is 19.3 Å². The van der Waals surface area contributed by atoms with E-state index >= 15 is 0 Å². The molecule has 0 saturated carbocycles. The van der Waals surface area contributed by atoms with Crippen LogP contribution in [0.5, 0.6) is 0 Å². The maximum Gasteiger partial charge on any atom is 0.335 e. The van der Waals surface area contributed by atoms with Crippen LogP contribution in [0, 0.1) is 5.92 Å². The standard InChI is InChI=1S/C29H27N3O5/c33-26-8-4-7-24-21-11-19(15-32(24)26)14-31(16-21)27(29(36)37)23-17-30(13-18-5-2-1-3-6-18)25-12-20(28(34)35)9-10-22(23)25/h1-10,12,17,19,21,27H,11,13-16H2,(H,34,35)(H,36,37)/t19-,21+,27-/m1/s1. The van der Waals surface area contributed by atoms with Gasteiger partial charge >= 0.3 is 11.9 Å². The van der Waals surface area contributed by atoms with Crippen molar-refractivity contribution in [2.24, 2.45) is 5.92 Å². The summed E-state index contributed by atoms with van der Waals surface area (Å²) in [6.45, 7) is 2.20. The zero-order chi connectivity index (χ0) is 25.7. The van der Waals surface area contributed by atoms with Gasteiger partial charge in [-0.2, -0.15) is 0 Å². The van der Waals surface area contributed by atoms with E-state index in [9.17, 15) is 24.6 Å². The molecule has 2 aliphatic heterocycles. The van der Waals surface area contributed by atoms with Crippen LogP contribution in [0.3, 0.4) is 0 Å². The molecule has 4 heterocycles. The highest BCUT2D eigenvalue weighted by molar-refractivity contribution is 5.96. The van der Waals surface area contributed by atoms with E-state index < -0.39 is 18.0 Å². The maximum atomic E-state index is 12.8. The van der Waals surface area contributed by atoms with Gasteiger partial charge in [0, 0.05) is 66.5 Å². The van der Waals surface area contributed by atoms with Gasteiger partial charge in [-0.3, -0.25) is 14.5 Å². The van der Waals surface area contributed by atoms with Gasteiger partial charge in [0.2, 0.25) is 0 Å². The van der Waals surface area contributed by atoms with Gasteiger partial charge in [0.25, 0.3) is 5.56 Å². The summed E-state index contributed by atoms with van der Waals surface area (Å²) in [4.78, 5) is 39.0. The van der Waals surface area contributed by atoms with E-state index in [4.69, 9.17) is 0 Å². The Hall–Kier alpha value is -4.17. The van der Waals surface area contributed by atoms with Crippen LogP contribution in [0.15, 0.2) is 77.7 Å². The third-order valence-electron chi connectivity index (χ3n) is 7.76. The number of aliphatic carboxylic acids is 1. The first-order valence-corrected chi connectivity index (χ1v) is 12.5. The molecule has 3 atom stereocenters. The highest BCUT2D eigenvalue weighted by atomic mass is 16.4. The summed E-state index contributed by atoms with van der Waals surface area (Å²) in [5.41, 5.74) is 3.50. The van der Waals surface area contributed by atoms with Crippen molar-refractivity contribution in [2.75, 3.05) is 13.1 Å². The zero-order valence-corrected chi connectivity index (χ0v) is 20.2. The van der Waals surface area contributed by atoms with E-state index in [-0.39, 0.29) is 23.0 Å². The second-order valence-corrected chi connectivity index (χ2v) is 10.1. The Balaban J connectivity index is 1.43. The summed E-state index contributed by atoms with van der Waals surface area (Å²) in [6.07, 6.45) is 2.80. The third kappa shape index (κ3) is 4.13. The largest absolute Gasteiger partial charge is 0.480 e. The SMILES string of the molecule is O=C(O)c1ccc2c([C@H](C(=O)O)N3C[C@H]4C[C@@H](C3)c3cccc(=O)n3C4)cn(Cc3ccccc3)c2c1. The van der Waals surface area contributed by atoms with Crippen LogP contribution in [0.4, 0.5) is 0 Å². The molecular formula is C29H27N3O5. The maximum absolute atomic E-state index is 12.8. The van der Waals surface area contributed by atoms with Gasteiger partial charge in [-0.15, -0.1) is 0 Å². The van der Waals surface area contributed by atoms with Gasteiger partial charge in [-0.1, -0.05) is 42.5 Å². The molecule has 0 spiro atoms. The van der Waals surface area contributed by atoms with Crippen LogP contribution >= 0.6 is 0 Å². The normalized spacial score (nSPS) is 19.9. The van der Waals surface area contributed by atoms with Crippen LogP contribution in [0.1, 0.15) is 45.6 Å². The van der Waals surface area contributed by atoms with E-state index in [1.165, 1.54) is 6.07 Å². The zero-order valence-electron chi connectivity index (χ0n) is 20.2. The molecule has 0 amide bonds. The summed E-state index contributed by atoms with van der Waals surface area (Å²) in [5, 5.41) is 20.8. The number of aromatic carboxylic acids is 1. The van der Waals surface area contributed by atoms with Crippen LogP contribution in [-0.2, 0) is 17.9 Å². The monoisotopic (exact) mass is 497 g/mol. The number of hydrogen-bond donors (Lipinski definition) is 2. The molecular weight excluding hydrogens is 470 g/mol. The molecule has 0 aliphatic carbocycles. The summed E-state index contributed by atoms with van der Waals surface area (Å²) in [5.74, 6) is -1.70. The number of carboxylic acids is 2. The molecule has 1 saturated heterocycles. The number of pyridine rings is 1. The fraction of sp³-hybridized carbons (Fsp3) is 0.276. The molecule has 1 fully saturated rings. The molecule has 2 aromatic carbocycles. The Morgan fingerprint density at radius 3 is 2.51 bits per heavy atom. The summed E-state index contributed by atoms with van der Waals surface area (Å²) in [6, 6.07) is 19.1. The highest BCUT2D eigenvalue weighted by Gasteiger charge is 2.40. The quantitative estimate of drug-likeness (QED) is 0.420. The first-order chi connectivity index (χ1) is 17.9. The van der Waals surface area contributed by atoms with Crippen molar-refractivity contribution in [2.45, 2.75) is 31.5 Å². The molecule has 8 heteroatoms. The van der Waals surface area contributed by atoms with E-state index in [1.807, 2.05) is 56.6 Å². The van der Waals surface area contributed by atoms with Crippen LogP contribution in [0.2, 0.25) is 0 Å². The molecule has 8 nitrogen and oxygen atoms in total. The Labute approximate surface area is 213 Å². The average Bonchev–Trinajstić information content (AvgIpc) is 3.22. The van der Waals surface area contributed by atoms with Crippen molar-refractivity contribution >= 4 is 22.8 Å². The average molecular weight is 498 g/mol. The number of benzene rings is 2. The molecule has 0 radical (unpaired) electrons.